The van der Waals surface area contributed by atoms with Crippen molar-refractivity contribution in [1.82, 2.24) is 14.7 Å². The molecule has 1 atom stereocenters. The minimum atomic E-state index is 0.140. The van der Waals surface area contributed by atoms with Crippen LogP contribution in [0.4, 0.5) is 0 Å². The van der Waals surface area contributed by atoms with E-state index in [2.05, 4.69) is 53.8 Å². The zero-order valence-corrected chi connectivity index (χ0v) is 16.7. The van der Waals surface area contributed by atoms with Crippen molar-refractivity contribution >= 4 is 17.7 Å². The van der Waals surface area contributed by atoms with Crippen molar-refractivity contribution in [2.45, 2.75) is 29.7 Å². The molecular formula is C21H31N3OS. The summed E-state index contributed by atoms with van der Waals surface area (Å²) in [7, 11) is 2.24. The lowest BCUT2D eigenvalue weighted by Crippen LogP contribution is -2.61. The Morgan fingerprint density at radius 3 is 2.77 bits per heavy atom. The molecule has 1 aromatic rings. The number of carbonyl (C=O) groups is 1. The molecule has 142 valence electrons. The van der Waals surface area contributed by atoms with E-state index in [0.717, 1.165) is 51.3 Å². The number of hydrogen-bond acceptors (Lipinski definition) is 4. The van der Waals surface area contributed by atoms with Crippen molar-refractivity contribution in [3.8, 4) is 0 Å². The molecule has 2 fully saturated rings. The number of likely N-dealkylation sites (N-methyl/N-ethyl adjacent to an activating group) is 1. The summed E-state index contributed by atoms with van der Waals surface area (Å²) in [6.45, 7) is 9.72. The highest BCUT2D eigenvalue weighted by Crippen LogP contribution is 2.32. The van der Waals surface area contributed by atoms with Gasteiger partial charge >= 0.3 is 0 Å². The summed E-state index contributed by atoms with van der Waals surface area (Å²) in [5.41, 5.74) is 0.140. The molecule has 0 aliphatic carbocycles. The highest BCUT2D eigenvalue weighted by atomic mass is 32.2. The molecule has 1 aromatic carbocycles. The number of nitrogens with zero attached hydrogens (tertiary/aromatic N) is 3. The molecule has 2 heterocycles. The molecule has 2 aliphatic heterocycles. The maximum absolute atomic E-state index is 12.4. The third kappa shape index (κ3) is 4.70. The van der Waals surface area contributed by atoms with Crippen LogP contribution in [-0.2, 0) is 4.79 Å². The van der Waals surface area contributed by atoms with Crippen molar-refractivity contribution in [2.75, 3.05) is 52.1 Å². The summed E-state index contributed by atoms with van der Waals surface area (Å²) in [6, 6.07) is 10.6. The maximum Gasteiger partial charge on any atom is 0.222 e. The second-order valence-corrected chi connectivity index (χ2v) is 8.63. The molecule has 2 saturated heterocycles. The van der Waals surface area contributed by atoms with Gasteiger partial charge in [0.25, 0.3) is 0 Å². The van der Waals surface area contributed by atoms with Crippen LogP contribution in [0.15, 0.2) is 47.9 Å². The lowest BCUT2D eigenvalue weighted by molar-refractivity contribution is -0.130. The zero-order chi connectivity index (χ0) is 18.4. The number of piperazine rings is 1. The van der Waals surface area contributed by atoms with Crippen molar-refractivity contribution < 1.29 is 4.79 Å². The first-order chi connectivity index (χ1) is 12.6. The summed E-state index contributed by atoms with van der Waals surface area (Å²) in [5, 5.41) is 0. The number of hydrogen-bond donors (Lipinski definition) is 0. The summed E-state index contributed by atoms with van der Waals surface area (Å²) < 4.78 is 0. The molecule has 4 nitrogen and oxygen atoms in total. The second kappa shape index (κ2) is 9.07. The van der Waals surface area contributed by atoms with Crippen LogP contribution in [0.1, 0.15) is 19.3 Å². The molecule has 3 rings (SSSR count). The minimum absolute atomic E-state index is 0.140. The standard InChI is InChI=1S/C21H31N3OS/c1-3-12-24-13-11-21(10-9-20(24)25)18-23(15-14-22(21)2)16-17-26-19-7-5-4-6-8-19/h3-8H,1,9-18H2,2H3/t21-/m1/s1. The molecule has 5 heteroatoms. The van der Waals surface area contributed by atoms with Crippen LogP contribution >= 0.6 is 11.8 Å². The molecule has 0 bridgehead atoms. The van der Waals surface area contributed by atoms with Gasteiger partial charge in [0.05, 0.1) is 0 Å². The molecule has 2 aliphatic rings. The number of carbonyl (C=O) groups excluding carboxylic acids is 1. The topological polar surface area (TPSA) is 26.8 Å². The first-order valence-electron chi connectivity index (χ1n) is 9.63. The molecule has 0 unspecified atom stereocenters. The zero-order valence-electron chi connectivity index (χ0n) is 15.9. The maximum atomic E-state index is 12.4. The molecule has 1 amide bonds. The fourth-order valence-electron chi connectivity index (χ4n) is 4.12. The fourth-order valence-corrected chi connectivity index (χ4v) is 5.06. The monoisotopic (exact) mass is 373 g/mol. The predicted molar refractivity (Wildman–Crippen MR) is 110 cm³/mol. The highest BCUT2D eigenvalue weighted by molar-refractivity contribution is 7.99. The molecule has 0 N–H and O–H groups in total. The lowest BCUT2D eigenvalue weighted by Gasteiger charge is -2.49. The van der Waals surface area contributed by atoms with Gasteiger partial charge in [-0.05, 0) is 32.0 Å². The first kappa shape index (κ1) is 19.5. The van der Waals surface area contributed by atoms with Crippen LogP contribution in [0.3, 0.4) is 0 Å². The van der Waals surface area contributed by atoms with Gasteiger partial charge in [-0.15, -0.1) is 18.3 Å². The van der Waals surface area contributed by atoms with E-state index >= 15 is 0 Å². The minimum Gasteiger partial charge on any atom is -0.339 e. The van der Waals surface area contributed by atoms with E-state index in [4.69, 9.17) is 0 Å². The predicted octanol–water partition coefficient (Wildman–Crippen LogP) is 2.96. The van der Waals surface area contributed by atoms with Crippen LogP contribution in [0.2, 0.25) is 0 Å². The number of benzene rings is 1. The van der Waals surface area contributed by atoms with Gasteiger partial charge in [-0.3, -0.25) is 14.6 Å². The molecule has 0 saturated carbocycles. The Bertz CT molecular complexity index is 609. The fraction of sp³-hybridized carbons (Fsp3) is 0.571. The number of amides is 1. The first-order valence-corrected chi connectivity index (χ1v) is 10.6. The van der Waals surface area contributed by atoms with E-state index in [1.807, 2.05) is 22.7 Å². The van der Waals surface area contributed by atoms with Crippen molar-refractivity contribution in [3.63, 3.8) is 0 Å². The van der Waals surface area contributed by atoms with Crippen molar-refractivity contribution in [3.05, 3.63) is 43.0 Å². The Kier molecular flexibility index (Phi) is 6.79. The van der Waals surface area contributed by atoms with Crippen LogP contribution in [0.5, 0.6) is 0 Å². The second-order valence-electron chi connectivity index (χ2n) is 7.46. The summed E-state index contributed by atoms with van der Waals surface area (Å²) in [4.78, 5) is 20.8. The Balaban J connectivity index is 1.57. The molecular weight excluding hydrogens is 342 g/mol. The van der Waals surface area contributed by atoms with Crippen LogP contribution in [0.25, 0.3) is 0 Å². The van der Waals surface area contributed by atoms with E-state index in [1.54, 1.807) is 0 Å². The van der Waals surface area contributed by atoms with Crippen LogP contribution < -0.4 is 0 Å². The van der Waals surface area contributed by atoms with Gasteiger partial charge in [-0.25, -0.2) is 0 Å². The van der Waals surface area contributed by atoms with Gasteiger partial charge in [0, 0.05) is 61.9 Å². The Morgan fingerprint density at radius 2 is 2.00 bits per heavy atom. The van der Waals surface area contributed by atoms with E-state index in [1.165, 1.54) is 4.90 Å². The average Bonchev–Trinajstić information content (AvgIpc) is 2.81. The Morgan fingerprint density at radius 1 is 1.19 bits per heavy atom. The summed E-state index contributed by atoms with van der Waals surface area (Å²) in [5.74, 6) is 1.40. The molecule has 26 heavy (non-hydrogen) atoms. The molecule has 0 radical (unpaired) electrons. The van der Waals surface area contributed by atoms with Crippen molar-refractivity contribution in [1.29, 1.82) is 0 Å². The van der Waals surface area contributed by atoms with Crippen molar-refractivity contribution in [2.24, 2.45) is 0 Å². The van der Waals surface area contributed by atoms with E-state index in [-0.39, 0.29) is 11.4 Å². The van der Waals surface area contributed by atoms with Gasteiger partial charge in [0.15, 0.2) is 0 Å². The third-order valence-electron chi connectivity index (χ3n) is 5.85. The number of thioether (sulfide) groups is 1. The highest BCUT2D eigenvalue weighted by Gasteiger charge is 2.41. The normalized spacial score (nSPS) is 25.4. The smallest absolute Gasteiger partial charge is 0.222 e. The van der Waals surface area contributed by atoms with Gasteiger partial charge in [0.1, 0.15) is 0 Å². The molecule has 0 aromatic heterocycles. The largest absolute Gasteiger partial charge is 0.339 e. The van der Waals surface area contributed by atoms with Gasteiger partial charge in [-0.1, -0.05) is 24.3 Å². The summed E-state index contributed by atoms with van der Waals surface area (Å²) in [6.07, 6.45) is 4.53. The van der Waals surface area contributed by atoms with E-state index < -0.39 is 0 Å². The number of likely N-dealkylation sites (tertiary alicyclic amines) is 1. The van der Waals surface area contributed by atoms with E-state index in [9.17, 15) is 4.79 Å². The van der Waals surface area contributed by atoms with Gasteiger partial charge in [-0.2, -0.15) is 0 Å². The average molecular weight is 374 g/mol. The number of rotatable bonds is 6. The Labute approximate surface area is 162 Å². The van der Waals surface area contributed by atoms with Gasteiger partial charge < -0.3 is 4.90 Å². The molecule has 1 spiro atoms. The summed E-state index contributed by atoms with van der Waals surface area (Å²) >= 11 is 1.93. The SMILES string of the molecule is C=CCN1CC[C@]2(CCC1=O)CN(CCSc1ccccc1)CCN2C. The van der Waals surface area contributed by atoms with Crippen LogP contribution in [0, 0.1) is 0 Å². The van der Waals surface area contributed by atoms with Crippen LogP contribution in [-0.4, -0.2) is 78.2 Å². The van der Waals surface area contributed by atoms with Gasteiger partial charge in [0.2, 0.25) is 5.91 Å². The Hall–Kier alpha value is -1.30. The third-order valence-corrected chi connectivity index (χ3v) is 6.84. The lowest BCUT2D eigenvalue weighted by atomic mass is 9.86. The quantitative estimate of drug-likeness (QED) is 0.566. The van der Waals surface area contributed by atoms with E-state index in [0.29, 0.717) is 13.0 Å².